The third-order valence-electron chi connectivity index (χ3n) is 2.20. The third-order valence-corrected chi connectivity index (χ3v) is 3.63. The van der Waals surface area contributed by atoms with Crippen LogP contribution in [-0.4, -0.2) is 28.1 Å². The van der Waals surface area contributed by atoms with Gasteiger partial charge in [0, 0.05) is 18.3 Å². The Morgan fingerprint density at radius 3 is 2.31 bits per heavy atom. The van der Waals surface area contributed by atoms with Gasteiger partial charge in [-0.25, -0.2) is 13.1 Å². The molecule has 0 saturated heterocycles. The number of hydrogen-bond acceptors (Lipinski definition) is 4. The van der Waals surface area contributed by atoms with Crippen molar-refractivity contribution in [3.8, 4) is 0 Å². The molecular weight excluding hydrogens is 226 g/mol. The summed E-state index contributed by atoms with van der Waals surface area (Å²) in [6, 6.07) is 6.70. The van der Waals surface area contributed by atoms with E-state index in [4.69, 9.17) is 5.73 Å². The lowest BCUT2D eigenvalue weighted by Gasteiger charge is -2.13. The van der Waals surface area contributed by atoms with Crippen molar-refractivity contribution in [2.75, 3.05) is 18.9 Å². The van der Waals surface area contributed by atoms with Crippen LogP contribution in [0.3, 0.4) is 0 Å². The van der Waals surface area contributed by atoms with E-state index in [0.717, 1.165) is 5.69 Å². The Bertz CT molecular complexity index is 428. The molecule has 0 radical (unpaired) electrons. The molecule has 4 N–H and O–H groups in total. The van der Waals surface area contributed by atoms with Gasteiger partial charge in [-0.1, -0.05) is 0 Å². The summed E-state index contributed by atoms with van der Waals surface area (Å²) in [5.41, 5.74) is 6.33. The van der Waals surface area contributed by atoms with Crippen molar-refractivity contribution in [3.63, 3.8) is 0 Å². The van der Waals surface area contributed by atoms with E-state index in [9.17, 15) is 8.42 Å². The number of nitrogens with two attached hydrogens (primary N) is 1. The van der Waals surface area contributed by atoms with Gasteiger partial charge >= 0.3 is 0 Å². The van der Waals surface area contributed by atoms with E-state index in [1.807, 2.05) is 6.92 Å². The molecule has 0 amide bonds. The number of anilines is 1. The topological polar surface area (TPSA) is 84.2 Å². The van der Waals surface area contributed by atoms with Crippen LogP contribution in [0.4, 0.5) is 5.69 Å². The molecule has 5 nitrogen and oxygen atoms in total. The smallest absolute Gasteiger partial charge is 0.240 e. The van der Waals surface area contributed by atoms with E-state index < -0.39 is 10.0 Å². The molecule has 1 rings (SSSR count). The summed E-state index contributed by atoms with van der Waals surface area (Å²) in [7, 11) is -1.96. The molecule has 1 atom stereocenters. The van der Waals surface area contributed by atoms with Crippen LogP contribution in [0.25, 0.3) is 0 Å². The first-order valence-electron chi connectivity index (χ1n) is 5.00. The minimum absolute atomic E-state index is 0.159. The molecule has 0 bridgehead atoms. The predicted octanol–water partition coefficient (Wildman–Crippen LogP) is 0.354. The lowest BCUT2D eigenvalue weighted by Crippen LogP contribution is -2.25. The number of rotatable bonds is 5. The summed E-state index contributed by atoms with van der Waals surface area (Å²) < 4.78 is 25.1. The van der Waals surface area contributed by atoms with Gasteiger partial charge in [0.05, 0.1) is 4.90 Å². The fraction of sp³-hybridized carbons (Fsp3) is 0.400. The normalized spacial score (nSPS) is 13.4. The SMILES string of the molecule is CNS(=O)(=O)c1ccc(NC(C)CN)cc1. The van der Waals surface area contributed by atoms with Gasteiger partial charge in [0.15, 0.2) is 0 Å². The average molecular weight is 243 g/mol. The molecule has 1 aromatic carbocycles. The standard InChI is InChI=1S/C10H17N3O2S/c1-8(7-11)13-9-3-5-10(6-4-9)16(14,15)12-2/h3-6,8,12-13H,7,11H2,1-2H3. The van der Waals surface area contributed by atoms with E-state index in [-0.39, 0.29) is 10.9 Å². The zero-order valence-electron chi connectivity index (χ0n) is 9.40. The number of hydrogen-bond donors (Lipinski definition) is 3. The van der Waals surface area contributed by atoms with E-state index in [2.05, 4.69) is 10.0 Å². The summed E-state index contributed by atoms with van der Waals surface area (Å²) in [5.74, 6) is 0. The Hall–Kier alpha value is -1.11. The highest BCUT2D eigenvalue weighted by Gasteiger charge is 2.10. The molecule has 0 fully saturated rings. The van der Waals surface area contributed by atoms with Crippen LogP contribution in [0.2, 0.25) is 0 Å². The molecule has 0 saturated carbocycles. The zero-order valence-corrected chi connectivity index (χ0v) is 10.2. The molecule has 0 aliphatic rings. The monoisotopic (exact) mass is 243 g/mol. The van der Waals surface area contributed by atoms with E-state index >= 15 is 0 Å². The quantitative estimate of drug-likeness (QED) is 0.697. The highest BCUT2D eigenvalue weighted by molar-refractivity contribution is 7.89. The lowest BCUT2D eigenvalue weighted by atomic mass is 10.2. The molecule has 1 unspecified atom stereocenters. The molecule has 0 aromatic heterocycles. The highest BCUT2D eigenvalue weighted by atomic mass is 32.2. The van der Waals surface area contributed by atoms with Gasteiger partial charge < -0.3 is 11.1 Å². The summed E-state index contributed by atoms with van der Waals surface area (Å²) in [6.45, 7) is 2.48. The Labute approximate surface area is 96.1 Å². The fourth-order valence-electron chi connectivity index (χ4n) is 1.19. The van der Waals surface area contributed by atoms with Gasteiger partial charge in [-0.15, -0.1) is 0 Å². The summed E-state index contributed by atoms with van der Waals surface area (Å²) in [6.07, 6.45) is 0. The van der Waals surface area contributed by atoms with Crippen molar-refractivity contribution in [2.45, 2.75) is 17.9 Å². The maximum Gasteiger partial charge on any atom is 0.240 e. The minimum atomic E-state index is -3.35. The van der Waals surface area contributed by atoms with Crippen molar-refractivity contribution in [3.05, 3.63) is 24.3 Å². The van der Waals surface area contributed by atoms with Gasteiger partial charge in [0.2, 0.25) is 10.0 Å². The molecule has 0 aliphatic heterocycles. The largest absolute Gasteiger partial charge is 0.381 e. The highest BCUT2D eigenvalue weighted by Crippen LogP contribution is 2.14. The van der Waals surface area contributed by atoms with Crippen molar-refractivity contribution in [2.24, 2.45) is 5.73 Å². The summed E-state index contributed by atoms with van der Waals surface area (Å²) >= 11 is 0. The lowest BCUT2D eigenvalue weighted by molar-refractivity contribution is 0.588. The zero-order chi connectivity index (χ0) is 12.2. The van der Waals surface area contributed by atoms with Crippen LogP contribution in [0.5, 0.6) is 0 Å². The molecule has 0 heterocycles. The van der Waals surface area contributed by atoms with Gasteiger partial charge in [-0.2, -0.15) is 0 Å². The fourth-order valence-corrected chi connectivity index (χ4v) is 1.92. The summed E-state index contributed by atoms with van der Waals surface area (Å²) in [5, 5.41) is 3.15. The maximum absolute atomic E-state index is 11.4. The first-order valence-corrected chi connectivity index (χ1v) is 6.48. The maximum atomic E-state index is 11.4. The van der Waals surface area contributed by atoms with Gasteiger partial charge in [-0.3, -0.25) is 0 Å². The van der Waals surface area contributed by atoms with Crippen molar-refractivity contribution in [1.29, 1.82) is 0 Å². The van der Waals surface area contributed by atoms with Gasteiger partial charge in [0.1, 0.15) is 0 Å². The molecule has 90 valence electrons. The minimum Gasteiger partial charge on any atom is -0.381 e. The Morgan fingerprint density at radius 2 is 1.88 bits per heavy atom. The molecule has 0 aliphatic carbocycles. The Kier molecular flexibility index (Phi) is 4.28. The Morgan fingerprint density at radius 1 is 1.31 bits per heavy atom. The van der Waals surface area contributed by atoms with Crippen molar-refractivity contribution >= 4 is 15.7 Å². The van der Waals surface area contributed by atoms with Gasteiger partial charge in [0.25, 0.3) is 0 Å². The Balaban J connectivity index is 2.84. The van der Waals surface area contributed by atoms with E-state index in [1.54, 1.807) is 24.3 Å². The second-order valence-corrected chi connectivity index (χ2v) is 5.40. The molecule has 6 heteroatoms. The first-order chi connectivity index (χ1) is 7.49. The van der Waals surface area contributed by atoms with Crippen LogP contribution >= 0.6 is 0 Å². The van der Waals surface area contributed by atoms with E-state index in [0.29, 0.717) is 6.54 Å². The van der Waals surface area contributed by atoms with E-state index in [1.165, 1.54) is 7.05 Å². The second-order valence-electron chi connectivity index (χ2n) is 3.51. The second kappa shape index (κ2) is 5.29. The first kappa shape index (κ1) is 13.0. The number of nitrogens with one attached hydrogen (secondary N) is 2. The molecule has 1 aromatic rings. The van der Waals surface area contributed by atoms with Crippen LogP contribution in [0.15, 0.2) is 29.2 Å². The van der Waals surface area contributed by atoms with Crippen LogP contribution in [0.1, 0.15) is 6.92 Å². The van der Waals surface area contributed by atoms with Crippen LogP contribution in [0, 0.1) is 0 Å². The van der Waals surface area contributed by atoms with Crippen molar-refractivity contribution in [1.82, 2.24) is 4.72 Å². The van der Waals surface area contributed by atoms with Crippen LogP contribution in [-0.2, 0) is 10.0 Å². The van der Waals surface area contributed by atoms with Crippen molar-refractivity contribution < 1.29 is 8.42 Å². The third kappa shape index (κ3) is 3.19. The predicted molar refractivity (Wildman–Crippen MR) is 64.8 cm³/mol. The molecule has 0 spiro atoms. The van der Waals surface area contributed by atoms with Crippen LogP contribution < -0.4 is 15.8 Å². The number of sulfonamides is 1. The molecular formula is C10H17N3O2S. The van der Waals surface area contributed by atoms with Gasteiger partial charge in [-0.05, 0) is 38.2 Å². The summed E-state index contributed by atoms with van der Waals surface area (Å²) in [4.78, 5) is 0.251. The molecule has 16 heavy (non-hydrogen) atoms. The number of benzene rings is 1. The average Bonchev–Trinajstić information content (AvgIpc) is 2.29.